The highest BCUT2D eigenvalue weighted by Crippen LogP contribution is 1.88. The first-order valence-corrected chi connectivity index (χ1v) is 5.28. The van der Waals surface area contributed by atoms with Crippen molar-refractivity contribution in [2.24, 2.45) is 0 Å². The molecule has 0 spiro atoms. The van der Waals surface area contributed by atoms with Gasteiger partial charge in [-0.2, -0.15) is 0 Å². The third kappa shape index (κ3) is 5.68. The monoisotopic (exact) mass is 216 g/mol. The van der Waals surface area contributed by atoms with Gasteiger partial charge in [0.15, 0.2) is 0 Å². The first-order chi connectivity index (χ1) is 7.33. The zero-order chi connectivity index (χ0) is 10.9. The summed E-state index contributed by atoms with van der Waals surface area (Å²) in [5.74, 6) is -0.100. The number of nitrogens with zero attached hydrogens (tertiary/aromatic N) is 1. The van der Waals surface area contributed by atoms with E-state index < -0.39 is 0 Å². The zero-order valence-electron chi connectivity index (χ0n) is 9.21. The van der Waals surface area contributed by atoms with Crippen molar-refractivity contribution in [1.82, 2.24) is 21.0 Å². The van der Waals surface area contributed by atoms with Crippen LogP contribution in [0.15, 0.2) is 0 Å². The molecule has 0 aromatic heterocycles. The van der Waals surface area contributed by atoms with Gasteiger partial charge in [0.05, 0.1) is 13.7 Å². The van der Waals surface area contributed by atoms with Gasteiger partial charge in [-0.1, -0.05) is 0 Å². The molecule has 0 radical (unpaired) electrons. The Bertz CT molecular complexity index is 179. The molecule has 0 saturated carbocycles. The fourth-order valence-corrected chi connectivity index (χ4v) is 1.52. The topological polar surface area (TPSA) is 65.6 Å². The molecule has 0 bridgehead atoms. The van der Waals surface area contributed by atoms with E-state index in [1.807, 2.05) is 0 Å². The normalized spacial score (nSPS) is 20.1. The SMILES string of the molecule is CONC(=O)CN1CCNCCNCC1. The summed E-state index contributed by atoms with van der Waals surface area (Å²) in [5.41, 5.74) is 2.32. The van der Waals surface area contributed by atoms with Crippen molar-refractivity contribution in [2.75, 3.05) is 52.9 Å². The number of hydroxylamine groups is 1. The molecule has 3 N–H and O–H groups in total. The van der Waals surface area contributed by atoms with E-state index >= 15 is 0 Å². The van der Waals surface area contributed by atoms with Crippen molar-refractivity contribution < 1.29 is 9.63 Å². The van der Waals surface area contributed by atoms with Crippen LogP contribution in [-0.4, -0.2) is 63.7 Å². The fraction of sp³-hybridized carbons (Fsp3) is 0.889. The number of carbonyl (C=O) groups excluding carboxylic acids is 1. The number of carbonyl (C=O) groups is 1. The van der Waals surface area contributed by atoms with Crippen molar-refractivity contribution in [2.45, 2.75) is 0 Å². The minimum atomic E-state index is -0.100. The van der Waals surface area contributed by atoms with Crippen LogP contribution in [0, 0.1) is 0 Å². The Morgan fingerprint density at radius 3 is 2.40 bits per heavy atom. The van der Waals surface area contributed by atoms with Crippen molar-refractivity contribution in [1.29, 1.82) is 0 Å². The van der Waals surface area contributed by atoms with Gasteiger partial charge in [-0.15, -0.1) is 0 Å². The molecule has 1 amide bonds. The minimum absolute atomic E-state index is 0.100. The Morgan fingerprint density at radius 1 is 1.27 bits per heavy atom. The van der Waals surface area contributed by atoms with Crippen LogP contribution >= 0.6 is 0 Å². The lowest BCUT2D eigenvalue weighted by Gasteiger charge is -2.20. The van der Waals surface area contributed by atoms with E-state index in [0.29, 0.717) is 6.54 Å². The summed E-state index contributed by atoms with van der Waals surface area (Å²) in [5, 5.41) is 6.59. The molecule has 1 rings (SSSR count). The van der Waals surface area contributed by atoms with Crippen LogP contribution in [-0.2, 0) is 9.63 Å². The van der Waals surface area contributed by atoms with Crippen molar-refractivity contribution >= 4 is 5.91 Å². The maximum Gasteiger partial charge on any atom is 0.257 e. The number of rotatable bonds is 3. The molecule has 1 fully saturated rings. The van der Waals surface area contributed by atoms with Gasteiger partial charge in [-0.25, -0.2) is 5.48 Å². The van der Waals surface area contributed by atoms with E-state index in [1.165, 1.54) is 7.11 Å². The Morgan fingerprint density at radius 2 is 1.87 bits per heavy atom. The quantitative estimate of drug-likeness (QED) is 0.484. The molecule has 1 aliphatic rings. The summed E-state index contributed by atoms with van der Waals surface area (Å²) in [7, 11) is 1.44. The summed E-state index contributed by atoms with van der Waals surface area (Å²) in [6, 6.07) is 0. The number of amides is 1. The highest BCUT2D eigenvalue weighted by molar-refractivity contribution is 5.76. The second kappa shape index (κ2) is 7.58. The highest BCUT2D eigenvalue weighted by Gasteiger charge is 2.10. The molecule has 6 nitrogen and oxygen atoms in total. The Kier molecular flexibility index (Phi) is 6.26. The first kappa shape index (κ1) is 12.4. The van der Waals surface area contributed by atoms with Crippen LogP contribution in [0.25, 0.3) is 0 Å². The van der Waals surface area contributed by atoms with Gasteiger partial charge in [0.1, 0.15) is 0 Å². The molecule has 6 heteroatoms. The molecule has 0 unspecified atom stereocenters. The molecule has 15 heavy (non-hydrogen) atoms. The number of hydrogen-bond acceptors (Lipinski definition) is 5. The van der Waals surface area contributed by atoms with Crippen LogP contribution in [0.5, 0.6) is 0 Å². The third-order valence-electron chi connectivity index (χ3n) is 2.27. The molecular formula is C9H20N4O2. The summed E-state index contributed by atoms with van der Waals surface area (Å²) in [6.45, 7) is 5.97. The lowest BCUT2D eigenvalue weighted by Crippen LogP contribution is -2.41. The number of nitrogens with one attached hydrogen (secondary N) is 3. The van der Waals surface area contributed by atoms with Crippen molar-refractivity contribution in [3.63, 3.8) is 0 Å². The van der Waals surface area contributed by atoms with E-state index in [0.717, 1.165) is 39.3 Å². The zero-order valence-corrected chi connectivity index (χ0v) is 9.21. The molecule has 88 valence electrons. The van der Waals surface area contributed by atoms with Gasteiger partial charge in [0, 0.05) is 39.3 Å². The largest absolute Gasteiger partial charge is 0.314 e. The van der Waals surface area contributed by atoms with Crippen LogP contribution in [0.4, 0.5) is 0 Å². The van der Waals surface area contributed by atoms with E-state index in [4.69, 9.17) is 0 Å². The van der Waals surface area contributed by atoms with Gasteiger partial charge in [0.2, 0.25) is 0 Å². The van der Waals surface area contributed by atoms with Crippen LogP contribution in [0.1, 0.15) is 0 Å². The van der Waals surface area contributed by atoms with Crippen LogP contribution in [0.3, 0.4) is 0 Å². The maximum atomic E-state index is 11.3. The Hall–Kier alpha value is -0.690. The standard InChI is InChI=1S/C9H20N4O2/c1-15-12-9(14)8-13-6-4-10-2-3-11-5-7-13/h10-11H,2-8H2,1H3,(H,12,14). The average molecular weight is 216 g/mol. The molecule has 1 saturated heterocycles. The molecule has 0 aromatic rings. The molecule has 1 aliphatic heterocycles. The van der Waals surface area contributed by atoms with Crippen LogP contribution in [0.2, 0.25) is 0 Å². The molecule has 0 atom stereocenters. The number of hydrogen-bond donors (Lipinski definition) is 3. The first-order valence-electron chi connectivity index (χ1n) is 5.28. The van der Waals surface area contributed by atoms with Gasteiger partial charge in [0.25, 0.3) is 5.91 Å². The molecule has 0 aliphatic carbocycles. The van der Waals surface area contributed by atoms with Gasteiger partial charge in [-0.3, -0.25) is 14.5 Å². The predicted molar refractivity (Wildman–Crippen MR) is 57.3 cm³/mol. The van der Waals surface area contributed by atoms with Crippen molar-refractivity contribution in [3.8, 4) is 0 Å². The molecule has 0 aromatic carbocycles. The summed E-state index contributed by atoms with van der Waals surface area (Å²) in [4.78, 5) is 17.9. The maximum absolute atomic E-state index is 11.3. The second-order valence-corrected chi connectivity index (χ2v) is 3.51. The average Bonchev–Trinajstić information content (AvgIpc) is 2.32. The fourth-order valence-electron chi connectivity index (χ4n) is 1.52. The minimum Gasteiger partial charge on any atom is -0.314 e. The van der Waals surface area contributed by atoms with Gasteiger partial charge in [-0.05, 0) is 0 Å². The lowest BCUT2D eigenvalue weighted by atomic mass is 10.4. The van der Waals surface area contributed by atoms with E-state index in [9.17, 15) is 4.79 Å². The highest BCUT2D eigenvalue weighted by atomic mass is 16.6. The Balaban J connectivity index is 2.26. The third-order valence-corrected chi connectivity index (χ3v) is 2.27. The van der Waals surface area contributed by atoms with Gasteiger partial charge < -0.3 is 10.6 Å². The van der Waals surface area contributed by atoms with Crippen molar-refractivity contribution in [3.05, 3.63) is 0 Å². The summed E-state index contributed by atoms with van der Waals surface area (Å²) >= 11 is 0. The van der Waals surface area contributed by atoms with Crippen LogP contribution < -0.4 is 16.1 Å². The summed E-state index contributed by atoms with van der Waals surface area (Å²) < 4.78 is 0. The second-order valence-electron chi connectivity index (χ2n) is 3.51. The summed E-state index contributed by atoms with van der Waals surface area (Å²) in [6.07, 6.45) is 0. The molecule has 1 heterocycles. The van der Waals surface area contributed by atoms with Gasteiger partial charge >= 0.3 is 0 Å². The smallest absolute Gasteiger partial charge is 0.257 e. The Labute approximate surface area is 90.3 Å². The lowest BCUT2D eigenvalue weighted by molar-refractivity contribution is -0.132. The molecular weight excluding hydrogens is 196 g/mol. The van der Waals surface area contributed by atoms with E-state index in [2.05, 4.69) is 25.9 Å². The van der Waals surface area contributed by atoms with E-state index in [-0.39, 0.29) is 5.91 Å². The predicted octanol–water partition coefficient (Wildman–Crippen LogP) is -1.84. The van der Waals surface area contributed by atoms with E-state index in [1.54, 1.807) is 0 Å².